The molecule has 0 amide bonds. The molecule has 0 spiro atoms. The fraction of sp³-hybridized carbons (Fsp3) is 0.333. The lowest BCUT2D eigenvalue weighted by Crippen LogP contribution is -2.39. The average Bonchev–Trinajstić information content (AvgIpc) is 2.28. The molecule has 1 N–H and O–H groups in total. The molecule has 0 aliphatic rings. The van der Waals surface area contributed by atoms with Crippen molar-refractivity contribution in [3.8, 4) is 0 Å². The molecule has 1 atom stereocenters. The minimum Gasteiger partial charge on any atom is -0.480 e. The van der Waals surface area contributed by atoms with Crippen molar-refractivity contribution in [1.29, 1.82) is 0 Å². The van der Waals surface area contributed by atoms with E-state index in [4.69, 9.17) is 5.11 Å². The number of rotatable bonds is 4. The van der Waals surface area contributed by atoms with Gasteiger partial charge in [-0.05, 0) is 19.1 Å². The fourth-order valence-corrected chi connectivity index (χ4v) is 2.13. The lowest BCUT2D eigenvalue weighted by Gasteiger charge is -2.20. The second kappa shape index (κ2) is 4.48. The first-order valence-corrected chi connectivity index (χ1v) is 5.99. The summed E-state index contributed by atoms with van der Waals surface area (Å²) in [6.45, 7) is 1.12. The maximum absolute atomic E-state index is 11.8. The molecule has 6 nitrogen and oxygen atoms in total. The first-order chi connectivity index (χ1) is 7.37. The lowest BCUT2D eigenvalue weighted by molar-refractivity contribution is -0.136. The maximum Gasteiger partial charge on any atom is 0.323 e. The molecule has 0 saturated carbocycles. The van der Waals surface area contributed by atoms with Crippen LogP contribution < -0.4 is 4.31 Å². The molecule has 0 aliphatic carbocycles. The Balaban J connectivity index is 3.07. The van der Waals surface area contributed by atoms with Crippen LogP contribution in [0.5, 0.6) is 0 Å². The molecule has 0 radical (unpaired) electrons. The van der Waals surface area contributed by atoms with E-state index in [1.54, 1.807) is 12.1 Å². The van der Waals surface area contributed by atoms with Gasteiger partial charge in [0.25, 0.3) is 0 Å². The van der Waals surface area contributed by atoms with Crippen LogP contribution in [0.2, 0.25) is 0 Å². The van der Waals surface area contributed by atoms with Crippen molar-refractivity contribution in [3.05, 3.63) is 24.4 Å². The molecule has 7 heteroatoms. The number of sulfonamides is 1. The summed E-state index contributed by atoms with van der Waals surface area (Å²) in [7, 11) is -2.65. The molecule has 1 aromatic rings. The Hall–Kier alpha value is -1.63. The number of aromatic nitrogens is 1. The van der Waals surface area contributed by atoms with Crippen molar-refractivity contribution in [3.63, 3.8) is 0 Å². The third kappa shape index (κ3) is 2.30. The van der Waals surface area contributed by atoms with Crippen molar-refractivity contribution in [2.24, 2.45) is 0 Å². The smallest absolute Gasteiger partial charge is 0.323 e. The van der Waals surface area contributed by atoms with Gasteiger partial charge in [0.05, 0.1) is 0 Å². The summed E-state index contributed by atoms with van der Waals surface area (Å²) in [5, 5.41) is 7.19. The van der Waals surface area contributed by atoms with Crippen molar-refractivity contribution >= 4 is 21.8 Å². The third-order valence-electron chi connectivity index (χ3n) is 2.15. The van der Waals surface area contributed by atoms with Gasteiger partial charge in [-0.2, -0.15) is 0 Å². The zero-order chi connectivity index (χ0) is 12.3. The number of hydrogen-bond acceptors (Lipinski definition) is 4. The molecule has 16 heavy (non-hydrogen) atoms. The minimum absolute atomic E-state index is 0.190. The standard InChI is InChI=1S/C9H12N2O4S/c1-7(9(12)13)16(14,15)11(2)8-5-3-4-6-10-8/h3-7H,1-2H3,(H,12,13). The van der Waals surface area contributed by atoms with Gasteiger partial charge in [0.1, 0.15) is 5.82 Å². The van der Waals surface area contributed by atoms with Crippen LogP contribution in [0.4, 0.5) is 5.82 Å². The van der Waals surface area contributed by atoms with Crippen LogP contribution in [0, 0.1) is 0 Å². The quantitative estimate of drug-likeness (QED) is 0.824. The molecule has 0 bridgehead atoms. The minimum atomic E-state index is -3.92. The number of nitrogens with zero attached hydrogens (tertiary/aromatic N) is 2. The summed E-state index contributed by atoms with van der Waals surface area (Å²) >= 11 is 0. The van der Waals surface area contributed by atoms with Crippen LogP contribution in [-0.4, -0.2) is 36.8 Å². The molecule has 0 fully saturated rings. The number of anilines is 1. The highest BCUT2D eigenvalue weighted by atomic mass is 32.2. The van der Waals surface area contributed by atoms with Gasteiger partial charge in [-0.1, -0.05) is 6.07 Å². The maximum atomic E-state index is 11.8. The molecule has 88 valence electrons. The van der Waals surface area contributed by atoms with E-state index in [9.17, 15) is 13.2 Å². The zero-order valence-corrected chi connectivity index (χ0v) is 9.68. The second-order valence-corrected chi connectivity index (χ2v) is 5.47. The van der Waals surface area contributed by atoms with Gasteiger partial charge < -0.3 is 5.11 Å². The Morgan fingerprint density at radius 3 is 2.56 bits per heavy atom. The summed E-state index contributed by atoms with van der Waals surface area (Å²) in [4.78, 5) is 14.5. The van der Waals surface area contributed by atoms with Gasteiger partial charge in [0.15, 0.2) is 5.25 Å². The molecule has 1 rings (SSSR count). The molecule has 1 unspecified atom stereocenters. The van der Waals surface area contributed by atoms with Crippen LogP contribution in [0.1, 0.15) is 6.92 Å². The topological polar surface area (TPSA) is 87.6 Å². The highest BCUT2D eigenvalue weighted by Gasteiger charge is 2.32. The summed E-state index contributed by atoms with van der Waals surface area (Å²) in [6.07, 6.45) is 1.44. The summed E-state index contributed by atoms with van der Waals surface area (Å²) in [5.41, 5.74) is 0. The Kier molecular flexibility index (Phi) is 3.48. The van der Waals surface area contributed by atoms with Gasteiger partial charge in [-0.3, -0.25) is 9.10 Å². The zero-order valence-electron chi connectivity index (χ0n) is 8.86. The van der Waals surface area contributed by atoms with E-state index in [0.717, 1.165) is 11.2 Å². The monoisotopic (exact) mass is 244 g/mol. The normalized spacial score (nSPS) is 13.1. The summed E-state index contributed by atoms with van der Waals surface area (Å²) in [6, 6.07) is 4.76. The van der Waals surface area contributed by atoms with E-state index in [0.29, 0.717) is 0 Å². The van der Waals surface area contributed by atoms with Gasteiger partial charge >= 0.3 is 5.97 Å². The van der Waals surface area contributed by atoms with Crippen LogP contribution in [0.3, 0.4) is 0 Å². The van der Waals surface area contributed by atoms with Crippen LogP contribution in [0.15, 0.2) is 24.4 Å². The van der Waals surface area contributed by atoms with Gasteiger partial charge in [0, 0.05) is 13.2 Å². The molecule has 0 aromatic carbocycles. The van der Waals surface area contributed by atoms with Crippen LogP contribution in [-0.2, 0) is 14.8 Å². The van der Waals surface area contributed by atoms with E-state index < -0.39 is 21.2 Å². The highest BCUT2D eigenvalue weighted by molar-refractivity contribution is 7.94. The van der Waals surface area contributed by atoms with E-state index in [1.807, 2.05) is 0 Å². The van der Waals surface area contributed by atoms with E-state index >= 15 is 0 Å². The number of carboxylic acid groups (broad SMARTS) is 1. The Morgan fingerprint density at radius 1 is 1.50 bits per heavy atom. The van der Waals surface area contributed by atoms with Crippen molar-refractivity contribution < 1.29 is 18.3 Å². The summed E-state index contributed by atoms with van der Waals surface area (Å²) in [5.74, 6) is -1.20. The molecular formula is C9H12N2O4S. The average molecular weight is 244 g/mol. The molecular weight excluding hydrogens is 232 g/mol. The number of hydrogen-bond donors (Lipinski definition) is 1. The van der Waals surface area contributed by atoms with Crippen molar-refractivity contribution in [2.45, 2.75) is 12.2 Å². The van der Waals surface area contributed by atoms with E-state index in [2.05, 4.69) is 4.98 Å². The number of pyridine rings is 1. The van der Waals surface area contributed by atoms with Crippen molar-refractivity contribution in [2.75, 3.05) is 11.4 Å². The first kappa shape index (κ1) is 12.4. The van der Waals surface area contributed by atoms with Crippen molar-refractivity contribution in [1.82, 2.24) is 4.98 Å². The SMILES string of the molecule is CC(C(=O)O)S(=O)(=O)N(C)c1ccccn1. The summed E-state index contributed by atoms with van der Waals surface area (Å²) < 4.78 is 24.4. The molecule has 1 aromatic heterocycles. The predicted octanol–water partition coefficient (Wildman–Crippen LogP) is 0.321. The van der Waals surface area contributed by atoms with Gasteiger partial charge in [0.2, 0.25) is 10.0 Å². The van der Waals surface area contributed by atoms with E-state index in [-0.39, 0.29) is 5.82 Å². The van der Waals surface area contributed by atoms with Gasteiger partial charge in [-0.15, -0.1) is 0 Å². The Morgan fingerprint density at radius 2 is 2.12 bits per heavy atom. The van der Waals surface area contributed by atoms with E-state index in [1.165, 1.54) is 19.3 Å². The number of aliphatic carboxylic acids is 1. The third-order valence-corrected chi connectivity index (χ3v) is 4.19. The largest absolute Gasteiger partial charge is 0.480 e. The Bertz CT molecular complexity index is 472. The molecule has 0 aliphatic heterocycles. The first-order valence-electron chi connectivity index (χ1n) is 4.49. The van der Waals surface area contributed by atoms with Crippen LogP contribution in [0.25, 0.3) is 0 Å². The number of carboxylic acids is 1. The predicted molar refractivity (Wildman–Crippen MR) is 58.7 cm³/mol. The molecule has 1 heterocycles. The lowest BCUT2D eigenvalue weighted by atomic mass is 10.5. The van der Waals surface area contributed by atoms with Crippen LogP contribution >= 0.6 is 0 Å². The van der Waals surface area contributed by atoms with Gasteiger partial charge in [-0.25, -0.2) is 13.4 Å². The number of carbonyl (C=O) groups is 1. The highest BCUT2D eigenvalue weighted by Crippen LogP contribution is 2.15. The second-order valence-electron chi connectivity index (χ2n) is 3.18. The Labute approximate surface area is 93.6 Å². The fourth-order valence-electron chi connectivity index (χ4n) is 1.03. The molecule has 0 saturated heterocycles.